The van der Waals surface area contributed by atoms with Crippen LogP contribution in [0.1, 0.15) is 129 Å². The molecule has 37 heavy (non-hydrogen) atoms. The van der Waals surface area contributed by atoms with Crippen LogP contribution in [0.4, 0.5) is 0 Å². The van der Waals surface area contributed by atoms with Gasteiger partial charge in [0, 0.05) is 0 Å². The molecule has 0 amide bonds. The molecule has 0 aromatic heterocycles. The Balaban J connectivity index is 4.06. The van der Waals surface area contributed by atoms with E-state index in [0.29, 0.717) is 12.8 Å². The topological polar surface area (TPSA) is 179 Å². The molecule has 10 nitrogen and oxygen atoms in total. The third-order valence-corrected chi connectivity index (χ3v) is 6.57. The molecule has 0 aliphatic heterocycles. The molecule has 2 atom stereocenters. The van der Waals surface area contributed by atoms with Crippen molar-refractivity contribution in [1.82, 2.24) is 0 Å². The van der Waals surface area contributed by atoms with Gasteiger partial charge in [0.05, 0.1) is 19.4 Å². The molecule has 2 unspecified atom stereocenters. The highest BCUT2D eigenvalue weighted by Crippen LogP contribution is 2.21. The van der Waals surface area contributed by atoms with Gasteiger partial charge in [0.15, 0.2) is 11.2 Å². The van der Waals surface area contributed by atoms with E-state index >= 15 is 0 Å². The molecule has 0 aliphatic carbocycles. The van der Waals surface area contributed by atoms with E-state index in [1.165, 1.54) is 70.6 Å². The Labute approximate surface area is 220 Å². The highest BCUT2D eigenvalue weighted by atomic mass is 16.6. The van der Waals surface area contributed by atoms with Crippen LogP contribution in [0, 0.1) is 0 Å². The van der Waals surface area contributed by atoms with Crippen molar-refractivity contribution in [2.45, 2.75) is 140 Å². The van der Waals surface area contributed by atoms with Gasteiger partial charge in [-0.15, -0.1) is 0 Å². The molecule has 10 heteroatoms. The molecular formula is C27H48O10. The molecule has 0 heterocycles. The van der Waals surface area contributed by atoms with Crippen LogP contribution in [0.15, 0.2) is 0 Å². The third-order valence-electron chi connectivity index (χ3n) is 6.57. The van der Waals surface area contributed by atoms with Gasteiger partial charge >= 0.3 is 23.9 Å². The molecule has 0 aliphatic rings. The Morgan fingerprint density at radius 1 is 0.622 bits per heavy atom. The Hall–Kier alpha value is -2.04. The van der Waals surface area contributed by atoms with E-state index in [1.807, 2.05) is 0 Å². The summed E-state index contributed by atoms with van der Waals surface area (Å²) in [5.41, 5.74) is -5.31. The highest BCUT2D eigenvalue weighted by Gasteiger charge is 2.44. The minimum Gasteiger partial charge on any atom is -0.481 e. The average molecular weight is 533 g/mol. The quantitative estimate of drug-likeness (QED) is 0.0690. The average Bonchev–Trinajstić information content (AvgIpc) is 2.82. The first-order chi connectivity index (χ1) is 17.5. The summed E-state index contributed by atoms with van der Waals surface area (Å²) in [6.45, 7) is 1.23. The number of carbonyl (C=O) groups is 4. The van der Waals surface area contributed by atoms with E-state index in [4.69, 9.17) is 10.2 Å². The molecule has 0 radical (unpaired) electrons. The number of carboxylic acids is 2. The number of unbranched alkanes of at least 4 members (excludes halogenated alkanes) is 15. The van der Waals surface area contributed by atoms with Crippen LogP contribution in [0.2, 0.25) is 0 Å². The van der Waals surface area contributed by atoms with Gasteiger partial charge in [-0.1, -0.05) is 103 Å². The fraction of sp³-hybridized carbons (Fsp3) is 0.852. The zero-order chi connectivity index (χ0) is 28.2. The van der Waals surface area contributed by atoms with Crippen molar-refractivity contribution in [2.75, 3.05) is 6.61 Å². The van der Waals surface area contributed by atoms with Crippen molar-refractivity contribution in [3.05, 3.63) is 0 Å². The van der Waals surface area contributed by atoms with Crippen molar-refractivity contribution in [3.63, 3.8) is 0 Å². The van der Waals surface area contributed by atoms with Crippen LogP contribution in [0.3, 0.4) is 0 Å². The number of esters is 2. The minimum absolute atomic E-state index is 0.160. The van der Waals surface area contributed by atoms with Gasteiger partial charge in [-0.25, -0.2) is 9.59 Å². The maximum absolute atomic E-state index is 12.2. The first-order valence-electron chi connectivity index (χ1n) is 13.8. The van der Waals surface area contributed by atoms with E-state index in [9.17, 15) is 34.5 Å². The van der Waals surface area contributed by atoms with Gasteiger partial charge in [-0.2, -0.15) is 0 Å². The van der Waals surface area contributed by atoms with Gasteiger partial charge in [-0.05, 0) is 12.8 Å². The third kappa shape index (κ3) is 16.4. The molecule has 216 valence electrons. The predicted molar refractivity (Wildman–Crippen MR) is 137 cm³/mol. The SMILES string of the molecule is CCCCCCCCCCCCCCCCCCC(O)(CO)C(=O)OC(=O)CC(O)(CC(=O)O)C(=O)O. The fourth-order valence-electron chi connectivity index (χ4n) is 4.15. The lowest BCUT2D eigenvalue weighted by Gasteiger charge is -2.24. The van der Waals surface area contributed by atoms with Crippen LogP contribution < -0.4 is 0 Å². The lowest BCUT2D eigenvalue weighted by Crippen LogP contribution is -2.47. The van der Waals surface area contributed by atoms with E-state index in [2.05, 4.69) is 11.7 Å². The summed E-state index contributed by atoms with van der Waals surface area (Å²) in [6, 6.07) is 0. The number of aliphatic hydroxyl groups is 3. The number of ether oxygens (including phenoxy) is 1. The number of rotatable bonds is 24. The van der Waals surface area contributed by atoms with Crippen LogP contribution >= 0.6 is 0 Å². The second-order valence-electron chi connectivity index (χ2n) is 10.1. The summed E-state index contributed by atoms with van der Waals surface area (Å²) >= 11 is 0. The molecule has 0 aromatic rings. The molecule has 0 bridgehead atoms. The first kappa shape index (κ1) is 35.0. The lowest BCUT2D eigenvalue weighted by atomic mass is 9.95. The number of carboxylic acid groups (broad SMARTS) is 2. The molecule has 0 rings (SSSR count). The Morgan fingerprint density at radius 2 is 1.03 bits per heavy atom. The van der Waals surface area contributed by atoms with E-state index in [0.717, 1.165) is 19.3 Å². The van der Waals surface area contributed by atoms with Crippen molar-refractivity contribution in [3.8, 4) is 0 Å². The van der Waals surface area contributed by atoms with E-state index in [-0.39, 0.29) is 6.42 Å². The van der Waals surface area contributed by atoms with Crippen molar-refractivity contribution in [2.24, 2.45) is 0 Å². The van der Waals surface area contributed by atoms with Crippen LogP contribution in [0.25, 0.3) is 0 Å². The maximum atomic E-state index is 12.2. The number of hydrogen-bond acceptors (Lipinski definition) is 8. The van der Waals surface area contributed by atoms with Crippen molar-refractivity contribution in [1.29, 1.82) is 0 Å². The second-order valence-corrected chi connectivity index (χ2v) is 10.1. The Morgan fingerprint density at radius 3 is 1.38 bits per heavy atom. The summed E-state index contributed by atoms with van der Waals surface area (Å²) in [4.78, 5) is 45.9. The number of hydrogen-bond donors (Lipinski definition) is 5. The molecule has 0 saturated carbocycles. The molecule has 0 spiro atoms. The summed E-state index contributed by atoms with van der Waals surface area (Å²) in [5.74, 6) is -6.62. The van der Waals surface area contributed by atoms with Crippen LogP contribution in [-0.4, -0.2) is 67.2 Å². The maximum Gasteiger partial charge on any atom is 0.348 e. The van der Waals surface area contributed by atoms with Gasteiger partial charge in [0.1, 0.15) is 0 Å². The van der Waals surface area contributed by atoms with Gasteiger partial charge in [0.2, 0.25) is 0 Å². The number of aliphatic hydroxyl groups excluding tert-OH is 1. The van der Waals surface area contributed by atoms with Crippen molar-refractivity contribution >= 4 is 23.9 Å². The van der Waals surface area contributed by atoms with Crippen LogP contribution in [-0.2, 0) is 23.9 Å². The molecule has 0 fully saturated rings. The van der Waals surface area contributed by atoms with Gasteiger partial charge < -0.3 is 30.3 Å². The predicted octanol–water partition coefficient (Wildman–Crippen LogP) is 4.11. The molecule has 0 aromatic carbocycles. The number of aliphatic carboxylic acids is 2. The number of carbonyl (C=O) groups excluding carboxylic acids is 2. The molecule has 5 N–H and O–H groups in total. The molecule has 0 saturated heterocycles. The Bertz CT molecular complexity index is 680. The van der Waals surface area contributed by atoms with Crippen molar-refractivity contribution < 1.29 is 49.4 Å². The van der Waals surface area contributed by atoms with Crippen LogP contribution in [0.5, 0.6) is 0 Å². The zero-order valence-electron chi connectivity index (χ0n) is 22.4. The minimum atomic E-state index is -2.96. The highest BCUT2D eigenvalue weighted by molar-refractivity contribution is 5.94. The zero-order valence-corrected chi connectivity index (χ0v) is 22.4. The largest absolute Gasteiger partial charge is 0.481 e. The Kier molecular flexibility index (Phi) is 18.9. The summed E-state index contributed by atoms with van der Waals surface area (Å²) in [6.07, 6.45) is 15.7. The normalized spacial score (nSPS) is 14.5. The fourth-order valence-corrected chi connectivity index (χ4v) is 4.15. The van der Waals surface area contributed by atoms with E-state index < -0.39 is 54.5 Å². The second kappa shape index (κ2) is 20.0. The summed E-state index contributed by atoms with van der Waals surface area (Å²) < 4.78 is 4.41. The van der Waals surface area contributed by atoms with E-state index in [1.54, 1.807) is 0 Å². The summed E-state index contributed by atoms with van der Waals surface area (Å²) in [7, 11) is 0. The first-order valence-corrected chi connectivity index (χ1v) is 13.8. The van der Waals surface area contributed by atoms with Gasteiger partial charge in [0.25, 0.3) is 0 Å². The standard InChI is InChI=1S/C27H48O10/c1-2-3-4-5-6-7-8-9-10-11-12-13-14-15-16-17-18-26(35,21-28)25(34)37-23(31)20-27(36,24(32)33)19-22(29)30/h28,35-36H,2-21H2,1H3,(H,29,30)(H,32,33). The monoisotopic (exact) mass is 532 g/mol. The molecular weight excluding hydrogens is 484 g/mol. The lowest BCUT2D eigenvalue weighted by molar-refractivity contribution is -0.183. The smallest absolute Gasteiger partial charge is 0.348 e. The summed E-state index contributed by atoms with van der Waals surface area (Å²) in [5, 5.41) is 47.4. The van der Waals surface area contributed by atoms with Gasteiger partial charge in [-0.3, -0.25) is 9.59 Å².